The molecule has 1 aliphatic carbocycles. The Morgan fingerprint density at radius 3 is 2.48 bits per heavy atom. The summed E-state index contributed by atoms with van der Waals surface area (Å²) in [5.41, 5.74) is 2.18. The van der Waals surface area contributed by atoms with Gasteiger partial charge in [-0.05, 0) is 62.8 Å². The summed E-state index contributed by atoms with van der Waals surface area (Å²) in [4.78, 5) is 0. The fourth-order valence-electron chi connectivity index (χ4n) is 2.94. The molecule has 4 heteroatoms. The van der Waals surface area contributed by atoms with Gasteiger partial charge in [-0.1, -0.05) is 11.6 Å². The Morgan fingerprint density at radius 1 is 1.14 bits per heavy atom. The van der Waals surface area contributed by atoms with Crippen LogP contribution in [0.2, 0.25) is 5.02 Å². The van der Waals surface area contributed by atoms with Crippen LogP contribution in [0.15, 0.2) is 12.1 Å². The molecule has 3 nitrogen and oxygen atoms in total. The van der Waals surface area contributed by atoms with Gasteiger partial charge in [0.25, 0.3) is 0 Å². The third-order valence-corrected chi connectivity index (χ3v) is 4.46. The van der Waals surface area contributed by atoms with Gasteiger partial charge in [0.15, 0.2) is 0 Å². The number of nitrogens with one attached hydrogen (secondary N) is 1. The first-order valence-corrected chi connectivity index (χ1v) is 8.28. The summed E-state index contributed by atoms with van der Waals surface area (Å²) in [6, 6.07) is 4.65. The van der Waals surface area contributed by atoms with Crippen molar-refractivity contribution in [2.24, 2.45) is 0 Å². The summed E-state index contributed by atoms with van der Waals surface area (Å²) in [6.45, 7) is 5.68. The second-order valence-corrected chi connectivity index (χ2v) is 6.76. The minimum Gasteiger partial charge on any atom is -0.490 e. The smallest absolute Gasteiger partial charge is 0.125 e. The van der Waals surface area contributed by atoms with Gasteiger partial charge in [0, 0.05) is 17.6 Å². The SMILES string of the molecule is Cc1cc(Cl)cc(C)c1OCC1CCC(CNC2CC2)O1. The second kappa shape index (κ2) is 6.55. The van der Waals surface area contributed by atoms with Crippen molar-refractivity contribution in [3.8, 4) is 5.75 Å². The average Bonchev–Trinajstić information content (AvgIpc) is 3.14. The largest absolute Gasteiger partial charge is 0.490 e. The first-order chi connectivity index (χ1) is 10.1. The Balaban J connectivity index is 1.47. The molecule has 0 radical (unpaired) electrons. The third-order valence-electron chi connectivity index (χ3n) is 4.25. The molecule has 0 aromatic heterocycles. The number of hydrogen-bond donors (Lipinski definition) is 1. The predicted octanol–water partition coefficient (Wildman–Crippen LogP) is 3.64. The normalized spacial score (nSPS) is 25.3. The molecular formula is C17H24ClNO2. The van der Waals surface area contributed by atoms with Crippen LogP contribution in [0.1, 0.15) is 36.8 Å². The molecule has 0 bridgehead atoms. The third kappa shape index (κ3) is 4.12. The van der Waals surface area contributed by atoms with Gasteiger partial charge >= 0.3 is 0 Å². The van der Waals surface area contributed by atoms with E-state index in [-0.39, 0.29) is 6.10 Å². The Bertz CT molecular complexity index is 479. The molecule has 1 aromatic rings. The summed E-state index contributed by atoms with van der Waals surface area (Å²) in [6.07, 6.45) is 5.44. The van der Waals surface area contributed by atoms with Crippen molar-refractivity contribution in [1.82, 2.24) is 5.32 Å². The number of rotatable bonds is 6. The summed E-state index contributed by atoms with van der Waals surface area (Å²) in [7, 11) is 0. The zero-order chi connectivity index (χ0) is 14.8. The number of hydrogen-bond acceptors (Lipinski definition) is 3. The fraction of sp³-hybridized carbons (Fsp3) is 0.647. The molecule has 0 spiro atoms. The van der Waals surface area contributed by atoms with Gasteiger partial charge in [-0.3, -0.25) is 0 Å². The van der Waals surface area contributed by atoms with Gasteiger partial charge in [0.1, 0.15) is 12.4 Å². The Kier molecular flexibility index (Phi) is 4.72. The van der Waals surface area contributed by atoms with Crippen molar-refractivity contribution >= 4 is 11.6 Å². The predicted molar refractivity (Wildman–Crippen MR) is 85.3 cm³/mol. The number of aryl methyl sites for hydroxylation is 2. The van der Waals surface area contributed by atoms with Crippen molar-refractivity contribution < 1.29 is 9.47 Å². The summed E-state index contributed by atoms with van der Waals surface area (Å²) in [5, 5.41) is 4.30. The molecule has 1 heterocycles. The van der Waals surface area contributed by atoms with Crippen LogP contribution in [0.5, 0.6) is 5.75 Å². The molecule has 2 fully saturated rings. The molecule has 1 saturated carbocycles. The van der Waals surface area contributed by atoms with Crippen molar-refractivity contribution in [1.29, 1.82) is 0 Å². The van der Waals surface area contributed by atoms with Crippen LogP contribution in [0.3, 0.4) is 0 Å². The van der Waals surface area contributed by atoms with E-state index >= 15 is 0 Å². The van der Waals surface area contributed by atoms with Crippen molar-refractivity contribution in [2.45, 2.75) is 57.8 Å². The highest BCUT2D eigenvalue weighted by Crippen LogP contribution is 2.28. The molecule has 2 atom stereocenters. The monoisotopic (exact) mass is 309 g/mol. The molecule has 1 N–H and O–H groups in total. The van der Waals surface area contributed by atoms with Gasteiger partial charge in [-0.15, -0.1) is 0 Å². The van der Waals surface area contributed by atoms with E-state index in [0.29, 0.717) is 12.7 Å². The molecule has 1 saturated heterocycles. The molecule has 2 aliphatic rings. The Morgan fingerprint density at radius 2 is 1.81 bits per heavy atom. The van der Waals surface area contributed by atoms with Crippen LogP contribution >= 0.6 is 11.6 Å². The first-order valence-electron chi connectivity index (χ1n) is 7.90. The highest BCUT2D eigenvalue weighted by atomic mass is 35.5. The summed E-state index contributed by atoms with van der Waals surface area (Å²) >= 11 is 6.05. The average molecular weight is 310 g/mol. The van der Waals surface area contributed by atoms with Crippen molar-refractivity contribution in [3.05, 3.63) is 28.3 Å². The number of benzene rings is 1. The number of halogens is 1. The maximum absolute atomic E-state index is 6.05. The molecule has 21 heavy (non-hydrogen) atoms. The molecule has 1 aromatic carbocycles. The van der Waals surface area contributed by atoms with Crippen LogP contribution in [0.25, 0.3) is 0 Å². The van der Waals surface area contributed by atoms with E-state index in [4.69, 9.17) is 21.1 Å². The van der Waals surface area contributed by atoms with E-state index in [1.165, 1.54) is 12.8 Å². The van der Waals surface area contributed by atoms with Crippen LogP contribution < -0.4 is 10.1 Å². The van der Waals surface area contributed by atoms with E-state index in [1.54, 1.807) is 0 Å². The van der Waals surface area contributed by atoms with Gasteiger partial charge in [0.2, 0.25) is 0 Å². The van der Waals surface area contributed by atoms with Gasteiger partial charge in [-0.25, -0.2) is 0 Å². The maximum Gasteiger partial charge on any atom is 0.125 e. The molecule has 2 unspecified atom stereocenters. The maximum atomic E-state index is 6.05. The standard InChI is InChI=1S/C17H24ClNO2/c1-11-7-13(18)8-12(2)17(11)20-10-16-6-5-15(21-16)9-19-14-3-4-14/h7-8,14-16,19H,3-6,9-10H2,1-2H3. The van der Waals surface area contributed by atoms with Crippen LogP contribution in [0.4, 0.5) is 0 Å². The van der Waals surface area contributed by atoms with Crippen molar-refractivity contribution in [2.75, 3.05) is 13.2 Å². The molecule has 0 amide bonds. The highest BCUT2D eigenvalue weighted by Gasteiger charge is 2.28. The quantitative estimate of drug-likeness (QED) is 0.870. The zero-order valence-electron chi connectivity index (χ0n) is 12.8. The lowest BCUT2D eigenvalue weighted by atomic mass is 10.1. The fourth-order valence-corrected chi connectivity index (χ4v) is 3.27. The highest BCUT2D eigenvalue weighted by molar-refractivity contribution is 6.30. The van der Waals surface area contributed by atoms with Gasteiger partial charge in [-0.2, -0.15) is 0 Å². The Hall–Kier alpha value is -0.770. The summed E-state index contributed by atoms with van der Waals surface area (Å²) < 4.78 is 12.0. The lowest BCUT2D eigenvalue weighted by Gasteiger charge is -2.17. The van der Waals surface area contributed by atoms with E-state index in [2.05, 4.69) is 5.32 Å². The second-order valence-electron chi connectivity index (χ2n) is 6.32. The van der Waals surface area contributed by atoms with E-state index in [9.17, 15) is 0 Å². The van der Waals surface area contributed by atoms with Gasteiger partial charge < -0.3 is 14.8 Å². The van der Waals surface area contributed by atoms with Crippen LogP contribution in [0, 0.1) is 13.8 Å². The van der Waals surface area contributed by atoms with Crippen LogP contribution in [-0.2, 0) is 4.74 Å². The van der Waals surface area contributed by atoms with Crippen LogP contribution in [-0.4, -0.2) is 31.4 Å². The van der Waals surface area contributed by atoms with Gasteiger partial charge in [0.05, 0.1) is 12.2 Å². The van der Waals surface area contributed by atoms with E-state index < -0.39 is 0 Å². The molecule has 1 aliphatic heterocycles. The lowest BCUT2D eigenvalue weighted by Crippen LogP contribution is -2.29. The first kappa shape index (κ1) is 15.1. The summed E-state index contributed by atoms with van der Waals surface area (Å²) in [5.74, 6) is 0.947. The molecule has 116 valence electrons. The van der Waals surface area contributed by atoms with E-state index in [0.717, 1.165) is 47.3 Å². The molecular weight excluding hydrogens is 286 g/mol. The minimum absolute atomic E-state index is 0.213. The van der Waals surface area contributed by atoms with E-state index in [1.807, 2.05) is 26.0 Å². The minimum atomic E-state index is 0.213. The molecule has 3 rings (SSSR count). The topological polar surface area (TPSA) is 30.5 Å². The zero-order valence-corrected chi connectivity index (χ0v) is 13.6. The number of ether oxygens (including phenoxy) is 2. The van der Waals surface area contributed by atoms with Crippen molar-refractivity contribution in [3.63, 3.8) is 0 Å². The lowest BCUT2D eigenvalue weighted by molar-refractivity contribution is 0.0182. The Labute approximate surface area is 132 Å².